The molecule has 0 spiro atoms. The summed E-state index contributed by atoms with van der Waals surface area (Å²) in [6.07, 6.45) is 2.01. The maximum atomic E-state index is 13.5. The molecule has 0 atom stereocenters. The first-order valence-electron chi connectivity index (χ1n) is 9.23. The number of nitrogens with zero attached hydrogens (tertiary/aromatic N) is 3. The number of aromatic nitrogens is 2. The van der Waals surface area contributed by atoms with Gasteiger partial charge >= 0.3 is 0 Å². The van der Waals surface area contributed by atoms with Crippen LogP contribution < -0.4 is 5.56 Å². The Morgan fingerprint density at radius 1 is 1.08 bits per heavy atom. The maximum absolute atomic E-state index is 13.5. The van der Waals surface area contributed by atoms with Gasteiger partial charge in [-0.05, 0) is 59.3 Å². The van der Waals surface area contributed by atoms with Gasteiger partial charge in [0.1, 0.15) is 10.7 Å². The molecule has 1 saturated heterocycles. The van der Waals surface area contributed by atoms with E-state index in [2.05, 4.69) is 50.1 Å². The van der Waals surface area contributed by atoms with E-state index in [1.165, 1.54) is 5.56 Å². The summed E-state index contributed by atoms with van der Waals surface area (Å²) in [7, 11) is 2.14. The van der Waals surface area contributed by atoms with Gasteiger partial charge in [0, 0.05) is 16.5 Å². The van der Waals surface area contributed by atoms with Crippen LogP contribution in [0.3, 0.4) is 0 Å². The molecule has 1 aliphatic heterocycles. The molecule has 0 amide bonds. The molecule has 0 bridgehead atoms. The quantitative estimate of drug-likeness (QED) is 0.677. The third-order valence-electron chi connectivity index (χ3n) is 5.50. The van der Waals surface area contributed by atoms with Gasteiger partial charge < -0.3 is 4.90 Å². The number of fused-ring (bicyclic) bond motifs is 1. The monoisotopic (exact) mass is 367 g/mol. The van der Waals surface area contributed by atoms with Crippen LogP contribution in [0.15, 0.2) is 29.1 Å². The minimum absolute atomic E-state index is 0.127. The van der Waals surface area contributed by atoms with Crippen molar-refractivity contribution in [2.75, 3.05) is 20.1 Å². The van der Waals surface area contributed by atoms with Gasteiger partial charge in [-0.15, -0.1) is 11.3 Å². The van der Waals surface area contributed by atoms with Crippen molar-refractivity contribution in [1.29, 1.82) is 0 Å². The lowest BCUT2D eigenvalue weighted by atomic mass is 10.0. The number of benzene rings is 1. The van der Waals surface area contributed by atoms with Crippen molar-refractivity contribution < 1.29 is 0 Å². The lowest BCUT2D eigenvalue weighted by Crippen LogP contribution is -2.36. The Bertz CT molecular complexity index is 1010. The highest BCUT2D eigenvalue weighted by Gasteiger charge is 2.24. The number of thiophene rings is 1. The second kappa shape index (κ2) is 6.63. The Labute approximate surface area is 158 Å². The van der Waals surface area contributed by atoms with Gasteiger partial charge in [0.05, 0.1) is 5.39 Å². The second-order valence-corrected chi connectivity index (χ2v) is 8.65. The molecule has 1 aliphatic rings. The standard InChI is InChI=1S/C21H25N3OS/c1-13-5-7-16(8-6-13)18-14(2)26-20-19(18)21(25)24(15(3)22-20)17-9-11-23(4)12-10-17/h5-8,17H,9-12H2,1-4H3. The van der Waals surface area contributed by atoms with Gasteiger partial charge in [0.25, 0.3) is 5.56 Å². The Morgan fingerprint density at radius 3 is 2.38 bits per heavy atom. The second-order valence-electron chi connectivity index (χ2n) is 7.45. The van der Waals surface area contributed by atoms with Crippen LogP contribution >= 0.6 is 11.3 Å². The fraction of sp³-hybridized carbons (Fsp3) is 0.429. The van der Waals surface area contributed by atoms with Gasteiger partial charge in [0.15, 0.2) is 0 Å². The van der Waals surface area contributed by atoms with E-state index in [0.717, 1.165) is 58.0 Å². The fourth-order valence-electron chi connectivity index (χ4n) is 4.03. The maximum Gasteiger partial charge on any atom is 0.263 e. The highest BCUT2D eigenvalue weighted by molar-refractivity contribution is 7.19. The highest BCUT2D eigenvalue weighted by Crippen LogP contribution is 2.36. The van der Waals surface area contributed by atoms with Crippen LogP contribution in [0.4, 0.5) is 0 Å². The lowest BCUT2D eigenvalue weighted by Gasteiger charge is -2.31. The van der Waals surface area contributed by atoms with Crippen molar-refractivity contribution in [1.82, 2.24) is 14.5 Å². The average molecular weight is 368 g/mol. The number of hydrogen-bond donors (Lipinski definition) is 0. The number of piperidine rings is 1. The van der Waals surface area contributed by atoms with Crippen LogP contribution in [0, 0.1) is 20.8 Å². The molecule has 4 rings (SSSR count). The van der Waals surface area contributed by atoms with Crippen molar-refractivity contribution in [3.8, 4) is 11.1 Å². The predicted octanol–water partition coefficient (Wildman–Crippen LogP) is 4.32. The molecule has 0 saturated carbocycles. The van der Waals surface area contributed by atoms with Crippen LogP contribution in [-0.2, 0) is 0 Å². The van der Waals surface area contributed by atoms with Crippen LogP contribution in [0.1, 0.15) is 35.1 Å². The van der Waals surface area contributed by atoms with Gasteiger partial charge in [0.2, 0.25) is 0 Å². The molecule has 3 heterocycles. The summed E-state index contributed by atoms with van der Waals surface area (Å²) < 4.78 is 1.96. The molecule has 2 aromatic heterocycles. The topological polar surface area (TPSA) is 38.1 Å². The zero-order valence-corrected chi connectivity index (χ0v) is 16.7. The minimum atomic E-state index is 0.127. The Morgan fingerprint density at radius 2 is 1.73 bits per heavy atom. The molecule has 0 aliphatic carbocycles. The molecule has 4 nitrogen and oxygen atoms in total. The van der Waals surface area contributed by atoms with Crippen LogP contribution in [0.5, 0.6) is 0 Å². The van der Waals surface area contributed by atoms with Crippen molar-refractivity contribution in [3.05, 3.63) is 50.9 Å². The van der Waals surface area contributed by atoms with Crippen LogP contribution in [0.25, 0.3) is 21.3 Å². The molecule has 136 valence electrons. The number of likely N-dealkylation sites (tertiary alicyclic amines) is 1. The molecule has 5 heteroatoms. The third-order valence-corrected chi connectivity index (χ3v) is 6.50. The first-order valence-corrected chi connectivity index (χ1v) is 10.0. The van der Waals surface area contributed by atoms with E-state index in [1.807, 2.05) is 11.5 Å². The first kappa shape index (κ1) is 17.4. The largest absolute Gasteiger partial charge is 0.306 e. The molecular weight excluding hydrogens is 342 g/mol. The van der Waals surface area contributed by atoms with Crippen molar-refractivity contribution >= 4 is 21.6 Å². The Hall–Kier alpha value is -1.98. The van der Waals surface area contributed by atoms with E-state index in [4.69, 9.17) is 4.98 Å². The molecule has 0 radical (unpaired) electrons. The van der Waals surface area contributed by atoms with Gasteiger partial charge in [-0.25, -0.2) is 4.98 Å². The van der Waals surface area contributed by atoms with Gasteiger partial charge in [-0.2, -0.15) is 0 Å². The molecule has 0 N–H and O–H groups in total. The summed E-state index contributed by atoms with van der Waals surface area (Å²) in [5, 5.41) is 0.792. The molecule has 26 heavy (non-hydrogen) atoms. The molecule has 0 unspecified atom stereocenters. The van der Waals surface area contributed by atoms with Gasteiger partial charge in [-0.3, -0.25) is 9.36 Å². The lowest BCUT2D eigenvalue weighted by molar-refractivity contribution is 0.216. The van der Waals surface area contributed by atoms with E-state index in [-0.39, 0.29) is 11.6 Å². The molecule has 1 aromatic carbocycles. The fourth-order valence-corrected chi connectivity index (χ4v) is 5.11. The van der Waals surface area contributed by atoms with Crippen LogP contribution in [-0.4, -0.2) is 34.6 Å². The molecule has 3 aromatic rings. The van der Waals surface area contributed by atoms with Crippen molar-refractivity contribution in [2.24, 2.45) is 0 Å². The van der Waals surface area contributed by atoms with E-state index in [0.29, 0.717) is 0 Å². The summed E-state index contributed by atoms with van der Waals surface area (Å²) in [4.78, 5) is 22.7. The Kier molecular flexibility index (Phi) is 4.45. The summed E-state index contributed by atoms with van der Waals surface area (Å²) in [6.45, 7) is 8.21. The van der Waals surface area contributed by atoms with Crippen molar-refractivity contribution in [2.45, 2.75) is 39.7 Å². The highest BCUT2D eigenvalue weighted by atomic mass is 32.1. The summed E-state index contributed by atoms with van der Waals surface area (Å²) in [6, 6.07) is 8.69. The van der Waals surface area contributed by atoms with E-state index in [1.54, 1.807) is 11.3 Å². The first-order chi connectivity index (χ1) is 12.5. The van der Waals surface area contributed by atoms with Crippen molar-refractivity contribution in [3.63, 3.8) is 0 Å². The smallest absolute Gasteiger partial charge is 0.263 e. The van der Waals surface area contributed by atoms with Crippen LogP contribution in [0.2, 0.25) is 0 Å². The Balaban J connectivity index is 1.92. The number of hydrogen-bond acceptors (Lipinski definition) is 4. The summed E-state index contributed by atoms with van der Waals surface area (Å²) in [5.41, 5.74) is 3.52. The van der Waals surface area contributed by atoms with E-state index in [9.17, 15) is 4.79 Å². The normalized spacial score (nSPS) is 16.5. The molecular formula is C21H25N3OS. The van der Waals surface area contributed by atoms with E-state index >= 15 is 0 Å². The average Bonchev–Trinajstić information content (AvgIpc) is 2.93. The predicted molar refractivity (Wildman–Crippen MR) is 109 cm³/mol. The third kappa shape index (κ3) is 2.89. The summed E-state index contributed by atoms with van der Waals surface area (Å²) >= 11 is 1.63. The zero-order valence-electron chi connectivity index (χ0n) is 15.9. The zero-order chi connectivity index (χ0) is 18.4. The number of rotatable bonds is 2. The van der Waals surface area contributed by atoms with Gasteiger partial charge in [-0.1, -0.05) is 29.8 Å². The minimum Gasteiger partial charge on any atom is -0.306 e. The van der Waals surface area contributed by atoms with E-state index < -0.39 is 0 Å². The molecule has 1 fully saturated rings. The summed E-state index contributed by atoms with van der Waals surface area (Å²) in [5.74, 6) is 0.841. The number of aryl methyl sites for hydroxylation is 3. The SMILES string of the molecule is Cc1ccc(-c2c(C)sc3nc(C)n(C4CCN(C)CC4)c(=O)c23)cc1.